The van der Waals surface area contributed by atoms with Gasteiger partial charge in [0.1, 0.15) is 21.5 Å². The van der Waals surface area contributed by atoms with Crippen LogP contribution in [0.3, 0.4) is 0 Å². The number of aryl methyl sites for hydroxylation is 1. The number of likely N-dealkylation sites (tertiary alicyclic amines) is 1. The van der Waals surface area contributed by atoms with Crippen LogP contribution in [0, 0.1) is 12.8 Å². The van der Waals surface area contributed by atoms with Gasteiger partial charge in [-0.15, -0.1) is 0 Å². The second-order valence-corrected chi connectivity index (χ2v) is 12.4. The summed E-state index contributed by atoms with van der Waals surface area (Å²) in [7, 11) is 1.58. The van der Waals surface area contributed by atoms with Crippen LogP contribution in [0.15, 0.2) is 52.0 Å². The molecular weight excluding hydrogens is 542 g/mol. The topological polar surface area (TPSA) is 101 Å². The molecule has 0 aromatic carbocycles. The van der Waals surface area contributed by atoms with E-state index in [9.17, 15) is 14.4 Å². The predicted molar refractivity (Wildman–Crippen MR) is 162 cm³/mol. The number of carbonyl (C=O) groups is 1. The van der Waals surface area contributed by atoms with E-state index in [0.29, 0.717) is 46.8 Å². The smallest absolute Gasteiger partial charge is 0.333 e. The first-order chi connectivity index (χ1) is 19.4. The molecule has 10 nitrogen and oxygen atoms in total. The third kappa shape index (κ3) is 5.70. The largest absolute Gasteiger partial charge is 0.501 e. The van der Waals surface area contributed by atoms with E-state index in [-0.39, 0.29) is 18.4 Å². The van der Waals surface area contributed by atoms with Gasteiger partial charge in [0, 0.05) is 43.2 Å². The Kier molecular flexibility index (Phi) is 9.08. The molecule has 0 aliphatic carbocycles. The van der Waals surface area contributed by atoms with Gasteiger partial charge in [0.15, 0.2) is 0 Å². The van der Waals surface area contributed by atoms with Crippen molar-refractivity contribution in [2.75, 3.05) is 26.8 Å². The fourth-order valence-electron chi connectivity index (χ4n) is 5.33. The number of ether oxygens (including phenoxy) is 2. The van der Waals surface area contributed by atoms with Crippen LogP contribution in [0.2, 0.25) is 0 Å². The van der Waals surface area contributed by atoms with E-state index in [2.05, 4.69) is 11.7 Å². The highest BCUT2D eigenvalue weighted by Gasteiger charge is 2.39. The molecule has 0 spiro atoms. The first kappa shape index (κ1) is 30.5. The number of allylic oxidation sites excluding steroid dienone is 1. The summed E-state index contributed by atoms with van der Waals surface area (Å²) in [5.41, 5.74) is -1.05. The van der Waals surface area contributed by atoms with E-state index in [1.807, 2.05) is 27.7 Å². The Labute approximate surface area is 244 Å². The second kappa shape index (κ2) is 12.2. The minimum Gasteiger partial charge on any atom is -0.501 e. The van der Waals surface area contributed by atoms with E-state index in [1.165, 1.54) is 11.3 Å². The van der Waals surface area contributed by atoms with Crippen molar-refractivity contribution in [3.05, 3.63) is 68.8 Å². The summed E-state index contributed by atoms with van der Waals surface area (Å²) in [6.45, 7) is 16.8. The van der Waals surface area contributed by atoms with Crippen LogP contribution in [-0.2, 0) is 26.4 Å². The van der Waals surface area contributed by atoms with Crippen molar-refractivity contribution in [1.29, 1.82) is 0 Å². The summed E-state index contributed by atoms with van der Waals surface area (Å²) in [6.07, 6.45) is 6.36. The molecule has 1 aliphatic heterocycles. The maximum atomic E-state index is 14.4. The number of rotatable bonds is 11. The number of carbonyl (C=O) groups excluding carboxylic acids is 1. The van der Waals surface area contributed by atoms with Crippen molar-refractivity contribution in [1.82, 2.24) is 23.8 Å². The molecule has 0 radical (unpaired) electrons. The van der Waals surface area contributed by atoms with Crippen LogP contribution in [0.1, 0.15) is 53.0 Å². The van der Waals surface area contributed by atoms with Crippen LogP contribution in [0.5, 0.6) is 0 Å². The number of thiophene rings is 1. The highest BCUT2D eigenvalue weighted by atomic mass is 32.1. The number of nitrogens with zero attached hydrogens (tertiary/aromatic N) is 5. The zero-order valence-electron chi connectivity index (χ0n) is 25.1. The van der Waals surface area contributed by atoms with Gasteiger partial charge < -0.3 is 14.4 Å². The summed E-state index contributed by atoms with van der Waals surface area (Å²) < 4.78 is 16.3. The lowest BCUT2D eigenvalue weighted by molar-refractivity contribution is -0.138. The van der Waals surface area contributed by atoms with Crippen LogP contribution < -0.4 is 11.2 Å². The highest BCUT2D eigenvalue weighted by molar-refractivity contribution is 7.21. The molecule has 3 aromatic heterocycles. The normalized spacial score (nSPS) is 15.5. The first-order valence-electron chi connectivity index (χ1n) is 14.0. The molecular formula is C30H41N5O5S. The molecule has 1 saturated heterocycles. The van der Waals surface area contributed by atoms with Crippen molar-refractivity contribution < 1.29 is 14.3 Å². The summed E-state index contributed by atoms with van der Waals surface area (Å²) in [4.78, 5) is 44.6. The number of hydrogen-bond donors (Lipinski definition) is 0. The number of aromatic nitrogens is 4. The van der Waals surface area contributed by atoms with Crippen LogP contribution >= 0.6 is 11.3 Å². The molecule has 41 heavy (non-hydrogen) atoms. The minimum atomic E-state index is -1.40. The van der Waals surface area contributed by atoms with Crippen molar-refractivity contribution >= 4 is 27.5 Å². The van der Waals surface area contributed by atoms with Gasteiger partial charge in [-0.25, -0.2) is 14.0 Å². The lowest BCUT2D eigenvalue weighted by atomic mass is 10.0. The third-order valence-corrected chi connectivity index (χ3v) is 8.94. The van der Waals surface area contributed by atoms with Gasteiger partial charge >= 0.3 is 5.69 Å². The Bertz CT molecular complexity index is 1570. The highest BCUT2D eigenvalue weighted by Crippen LogP contribution is 2.32. The van der Waals surface area contributed by atoms with Crippen LogP contribution in [0.25, 0.3) is 15.2 Å². The number of amides is 1. The zero-order chi connectivity index (χ0) is 30.1. The molecule has 3 aromatic rings. The Morgan fingerprint density at radius 1 is 1.24 bits per heavy atom. The van der Waals surface area contributed by atoms with E-state index in [4.69, 9.17) is 9.47 Å². The summed E-state index contributed by atoms with van der Waals surface area (Å²) in [6, 6.07) is 1.80. The van der Waals surface area contributed by atoms with Gasteiger partial charge in [0.2, 0.25) is 5.91 Å². The van der Waals surface area contributed by atoms with E-state index < -0.39 is 22.9 Å². The standard InChI is InChI=1S/C30H41N5O5S/c1-9-22(21(5)39-8)23(40-18-19(2)3)17-33-27-24(20(4)26(41-27)34-16-12-13-31-34)25(36)35(29(33)38)30(6,7)28(37)32-14-10-11-15-32/h9,12-13,16,19,23H,1,10-11,14-15,17-18H2,2-8H3/b22-21-/t23-/m0/s1. The average molecular weight is 584 g/mol. The van der Waals surface area contributed by atoms with Crippen LogP contribution in [-0.4, -0.2) is 62.6 Å². The first-order valence-corrected chi connectivity index (χ1v) is 14.8. The molecule has 0 N–H and O–H groups in total. The fourth-order valence-corrected chi connectivity index (χ4v) is 6.58. The SMILES string of the molecule is C=C/C(=C(\C)OC)[C@H](Cn1c(=O)n(C(C)(C)C(=O)N2CCCC2)c(=O)c2c(C)c(-n3cccn3)sc21)OCC(C)C. The molecule has 0 saturated carbocycles. The van der Waals surface area contributed by atoms with Gasteiger partial charge in [-0.05, 0) is 52.5 Å². The molecule has 1 amide bonds. The van der Waals surface area contributed by atoms with E-state index >= 15 is 0 Å². The average Bonchev–Trinajstić information content (AvgIpc) is 3.70. The molecule has 4 rings (SSSR count). The minimum absolute atomic E-state index is 0.0941. The monoisotopic (exact) mass is 583 g/mol. The van der Waals surface area contributed by atoms with Gasteiger partial charge in [-0.1, -0.05) is 37.8 Å². The van der Waals surface area contributed by atoms with Crippen molar-refractivity contribution in [2.24, 2.45) is 5.92 Å². The fraction of sp³-hybridized carbons (Fsp3) is 0.533. The maximum Gasteiger partial charge on any atom is 0.333 e. The summed E-state index contributed by atoms with van der Waals surface area (Å²) in [5.74, 6) is 0.620. The van der Waals surface area contributed by atoms with E-state index in [0.717, 1.165) is 22.4 Å². The molecule has 11 heteroatoms. The van der Waals surface area contributed by atoms with Crippen molar-refractivity contribution in [3.63, 3.8) is 0 Å². The molecule has 0 bridgehead atoms. The molecule has 4 heterocycles. The third-order valence-electron chi connectivity index (χ3n) is 7.63. The summed E-state index contributed by atoms with van der Waals surface area (Å²) >= 11 is 1.32. The van der Waals surface area contributed by atoms with E-state index in [1.54, 1.807) is 59.6 Å². The Balaban J connectivity index is 2.01. The molecule has 1 aliphatic rings. The van der Waals surface area contributed by atoms with Crippen molar-refractivity contribution in [3.8, 4) is 5.00 Å². The number of methoxy groups -OCH3 is 1. The molecule has 0 unspecified atom stereocenters. The second-order valence-electron chi connectivity index (χ2n) is 11.4. The van der Waals surface area contributed by atoms with Gasteiger partial charge in [0.25, 0.3) is 5.56 Å². The Morgan fingerprint density at radius 2 is 1.93 bits per heavy atom. The van der Waals surface area contributed by atoms with Gasteiger partial charge in [-0.3, -0.25) is 14.2 Å². The number of fused-ring (bicyclic) bond motifs is 1. The van der Waals surface area contributed by atoms with Gasteiger partial charge in [0.05, 0.1) is 24.8 Å². The lowest BCUT2D eigenvalue weighted by Crippen LogP contribution is -2.56. The lowest BCUT2D eigenvalue weighted by Gasteiger charge is -2.31. The van der Waals surface area contributed by atoms with Gasteiger partial charge in [-0.2, -0.15) is 5.10 Å². The quantitative estimate of drug-likeness (QED) is 0.248. The molecule has 222 valence electrons. The predicted octanol–water partition coefficient (Wildman–Crippen LogP) is 4.22. The van der Waals surface area contributed by atoms with Crippen LogP contribution in [0.4, 0.5) is 0 Å². The maximum absolute atomic E-state index is 14.4. The zero-order valence-corrected chi connectivity index (χ0v) is 25.9. The summed E-state index contributed by atoms with van der Waals surface area (Å²) in [5, 5.41) is 5.48. The van der Waals surface area contributed by atoms with Crippen molar-refractivity contribution in [2.45, 2.75) is 72.6 Å². The number of hydrogen-bond acceptors (Lipinski definition) is 7. The molecule has 1 fully saturated rings. The Hall–Kier alpha value is -3.44. The Morgan fingerprint density at radius 3 is 2.49 bits per heavy atom. The molecule has 1 atom stereocenters.